The summed E-state index contributed by atoms with van der Waals surface area (Å²) < 4.78 is 0. The van der Waals surface area contributed by atoms with Crippen LogP contribution in [0.25, 0.3) is 0 Å². The fraction of sp³-hybridized carbons (Fsp3) is 0.478. The molecule has 9 heteroatoms. The molecule has 1 N–H and O–H groups in total. The van der Waals surface area contributed by atoms with E-state index in [1.807, 2.05) is 0 Å². The van der Waals surface area contributed by atoms with Gasteiger partial charge in [0.1, 0.15) is 0 Å². The van der Waals surface area contributed by atoms with E-state index in [4.69, 9.17) is 11.6 Å². The molecule has 3 fully saturated rings. The molecule has 2 amide bonds. The monoisotopic (exact) mass is 487 g/mol. The molecular weight excluding hydrogens is 466 g/mol. The Kier molecular flexibility index (Phi) is 4.56. The van der Waals surface area contributed by atoms with Gasteiger partial charge in [0.05, 0.1) is 23.1 Å². The number of aromatic amines is 1. The minimum Gasteiger partial charge on any atom is -0.307 e. The largest absolute Gasteiger partial charge is 0.307 e. The predicted molar refractivity (Wildman–Crippen MR) is 125 cm³/mol. The van der Waals surface area contributed by atoms with Gasteiger partial charge in [-0.15, -0.1) is 11.8 Å². The first-order chi connectivity index (χ1) is 15.3. The van der Waals surface area contributed by atoms with Crippen LogP contribution < -0.4 is 4.87 Å². The summed E-state index contributed by atoms with van der Waals surface area (Å²) in [6.45, 7) is 4.40. The van der Waals surface area contributed by atoms with Gasteiger partial charge in [0, 0.05) is 20.6 Å². The molecule has 6 rings (SSSR count). The summed E-state index contributed by atoms with van der Waals surface area (Å²) in [4.78, 5) is 43.0. The van der Waals surface area contributed by atoms with E-state index in [0.29, 0.717) is 5.02 Å². The van der Waals surface area contributed by atoms with E-state index in [1.54, 1.807) is 42.2 Å². The molecule has 3 heterocycles. The Balaban J connectivity index is 1.34. The number of H-pyrrole nitrogens is 1. The molecule has 0 radical (unpaired) electrons. The standard InChI is InChI=1S/C23H22ClN3O3S2/c1-3-23(2)16-12-8-13(17(16)31-19-18(23)32-22(30)26-19)15-14(12)20(28)27(21(15)29)25-9-10-4-6-11(24)7-5-10/h4-7,9,12-17H,3,8H2,1-2H3,(H,26,30)/b25-9-/t12-,13-,14+,15+,16-,17-,23-/m0/s1. The number of nitrogens with zero attached hydrogens (tertiary/aromatic N) is 2. The van der Waals surface area contributed by atoms with Crippen LogP contribution in [0.2, 0.25) is 5.02 Å². The third kappa shape index (κ3) is 2.66. The topological polar surface area (TPSA) is 82.6 Å². The van der Waals surface area contributed by atoms with Crippen LogP contribution in [-0.4, -0.2) is 33.3 Å². The summed E-state index contributed by atoms with van der Waals surface area (Å²) in [5.74, 6) is -0.414. The molecule has 2 aliphatic heterocycles. The Hall–Kier alpha value is -1.90. The van der Waals surface area contributed by atoms with E-state index in [0.717, 1.165) is 33.3 Å². The van der Waals surface area contributed by atoms with Crippen molar-refractivity contribution in [3.63, 3.8) is 0 Å². The van der Waals surface area contributed by atoms with Crippen LogP contribution in [-0.2, 0) is 15.0 Å². The van der Waals surface area contributed by atoms with E-state index in [1.165, 1.54) is 11.3 Å². The Morgan fingerprint density at radius 2 is 1.88 bits per heavy atom. The van der Waals surface area contributed by atoms with Crippen molar-refractivity contribution in [2.75, 3.05) is 0 Å². The SMILES string of the molecule is CC[C@]1(C)c2sc(=O)[nH]c2S[C@H]2[C@H]3C[C@@H]([C@H]4C(=O)N(/N=C\c5ccc(Cl)cc5)C(=O)[C@H]34)[C@@H]21. The number of amides is 2. The summed E-state index contributed by atoms with van der Waals surface area (Å²) in [5, 5.41) is 7.22. The molecule has 32 heavy (non-hydrogen) atoms. The number of hydrazone groups is 1. The highest BCUT2D eigenvalue weighted by atomic mass is 35.5. The van der Waals surface area contributed by atoms with Crippen molar-refractivity contribution in [2.45, 2.75) is 42.4 Å². The maximum absolute atomic E-state index is 13.4. The minimum atomic E-state index is -0.309. The maximum Gasteiger partial charge on any atom is 0.305 e. The van der Waals surface area contributed by atoms with E-state index in [-0.39, 0.29) is 56.9 Å². The molecular formula is C23H22ClN3O3S2. The van der Waals surface area contributed by atoms with Gasteiger partial charge in [0.2, 0.25) is 0 Å². The second-order valence-electron chi connectivity index (χ2n) is 9.45. The number of hydrogen-bond acceptors (Lipinski definition) is 6. The molecule has 2 bridgehead atoms. The molecule has 1 aromatic heterocycles. The van der Waals surface area contributed by atoms with Gasteiger partial charge in [-0.1, -0.05) is 48.9 Å². The normalized spacial score (nSPS) is 37.3. The molecule has 2 aromatic rings. The Bertz CT molecular complexity index is 1220. The first-order valence-corrected chi connectivity index (χ1v) is 13.0. The number of imide groups is 1. The van der Waals surface area contributed by atoms with Crippen molar-refractivity contribution in [2.24, 2.45) is 34.7 Å². The molecule has 4 aliphatic rings. The highest BCUT2D eigenvalue weighted by Gasteiger charge is 2.71. The van der Waals surface area contributed by atoms with Gasteiger partial charge in [-0.05, 0) is 48.3 Å². The molecule has 1 saturated heterocycles. The fourth-order valence-electron chi connectivity index (χ4n) is 6.66. The Labute approximate surface area is 198 Å². The van der Waals surface area contributed by atoms with Crippen molar-refractivity contribution in [3.05, 3.63) is 49.4 Å². The van der Waals surface area contributed by atoms with Gasteiger partial charge in [0.15, 0.2) is 0 Å². The smallest absolute Gasteiger partial charge is 0.305 e. The number of aromatic nitrogens is 1. The second kappa shape index (κ2) is 7.05. The number of rotatable bonds is 3. The van der Waals surface area contributed by atoms with Crippen LogP contribution in [0.4, 0.5) is 0 Å². The fourth-order valence-corrected chi connectivity index (χ4v) is 9.99. The van der Waals surface area contributed by atoms with Crippen LogP contribution in [0, 0.1) is 29.6 Å². The molecule has 6 nitrogen and oxygen atoms in total. The predicted octanol–water partition coefficient (Wildman–Crippen LogP) is 4.13. The highest BCUT2D eigenvalue weighted by molar-refractivity contribution is 8.00. The van der Waals surface area contributed by atoms with E-state index in [9.17, 15) is 14.4 Å². The van der Waals surface area contributed by atoms with Crippen molar-refractivity contribution in [1.29, 1.82) is 0 Å². The van der Waals surface area contributed by atoms with Gasteiger partial charge in [0.25, 0.3) is 11.8 Å². The lowest BCUT2D eigenvalue weighted by atomic mass is 9.62. The van der Waals surface area contributed by atoms with Gasteiger partial charge >= 0.3 is 4.87 Å². The van der Waals surface area contributed by atoms with Crippen LogP contribution in [0.15, 0.2) is 39.2 Å². The van der Waals surface area contributed by atoms with Crippen molar-refractivity contribution in [3.8, 4) is 0 Å². The Morgan fingerprint density at radius 1 is 1.19 bits per heavy atom. The Morgan fingerprint density at radius 3 is 2.56 bits per heavy atom. The number of carbonyl (C=O) groups is 2. The van der Waals surface area contributed by atoms with Gasteiger partial charge in [-0.25, -0.2) is 0 Å². The number of halogens is 1. The lowest BCUT2D eigenvalue weighted by Crippen LogP contribution is -2.49. The van der Waals surface area contributed by atoms with E-state index >= 15 is 0 Å². The number of thiazole rings is 1. The zero-order valence-corrected chi connectivity index (χ0v) is 20.0. The lowest BCUT2D eigenvalue weighted by Gasteiger charge is -2.48. The number of benzene rings is 1. The first-order valence-electron chi connectivity index (χ1n) is 10.9. The molecule has 0 spiro atoms. The number of thioether (sulfide) groups is 1. The first kappa shape index (κ1) is 20.7. The molecule has 0 unspecified atom stereocenters. The lowest BCUT2D eigenvalue weighted by molar-refractivity contribution is -0.140. The van der Waals surface area contributed by atoms with Crippen LogP contribution >= 0.6 is 34.7 Å². The summed E-state index contributed by atoms with van der Waals surface area (Å²) in [7, 11) is 0. The molecule has 2 saturated carbocycles. The van der Waals surface area contributed by atoms with Crippen molar-refractivity contribution >= 4 is 52.7 Å². The summed E-state index contributed by atoms with van der Waals surface area (Å²) in [6, 6.07) is 7.11. The summed E-state index contributed by atoms with van der Waals surface area (Å²) in [6.07, 6.45) is 3.35. The number of hydrogen-bond donors (Lipinski definition) is 1. The third-order valence-corrected chi connectivity index (χ3v) is 11.1. The van der Waals surface area contributed by atoms with Gasteiger partial charge in [-0.2, -0.15) is 10.1 Å². The van der Waals surface area contributed by atoms with Crippen LogP contribution in [0.3, 0.4) is 0 Å². The zero-order valence-electron chi connectivity index (χ0n) is 17.6. The molecule has 7 atom stereocenters. The quantitative estimate of drug-likeness (QED) is 0.521. The minimum absolute atomic E-state index is 0.0236. The molecule has 166 valence electrons. The summed E-state index contributed by atoms with van der Waals surface area (Å²) >= 11 is 8.95. The molecule has 1 aromatic carbocycles. The van der Waals surface area contributed by atoms with Crippen LogP contribution in [0.1, 0.15) is 37.1 Å². The van der Waals surface area contributed by atoms with E-state index < -0.39 is 0 Å². The zero-order chi connectivity index (χ0) is 22.4. The highest BCUT2D eigenvalue weighted by Crippen LogP contribution is 2.69. The van der Waals surface area contributed by atoms with Crippen LogP contribution in [0.5, 0.6) is 0 Å². The number of nitrogens with one attached hydrogen (secondary N) is 1. The van der Waals surface area contributed by atoms with Crippen molar-refractivity contribution in [1.82, 2.24) is 9.99 Å². The average molecular weight is 488 g/mol. The maximum atomic E-state index is 13.4. The number of carbonyl (C=O) groups excluding carboxylic acids is 2. The van der Waals surface area contributed by atoms with Crippen molar-refractivity contribution < 1.29 is 9.59 Å². The van der Waals surface area contributed by atoms with Gasteiger partial charge < -0.3 is 4.98 Å². The third-order valence-electron chi connectivity index (χ3n) is 8.13. The molecule has 2 aliphatic carbocycles. The average Bonchev–Trinajstić information content (AvgIpc) is 3.50. The number of fused-ring (bicyclic) bond motifs is 9. The van der Waals surface area contributed by atoms with E-state index in [2.05, 4.69) is 23.9 Å². The summed E-state index contributed by atoms with van der Waals surface area (Å²) in [5.41, 5.74) is 0.620. The van der Waals surface area contributed by atoms with Gasteiger partial charge in [-0.3, -0.25) is 14.4 Å². The second-order valence-corrected chi connectivity index (χ2v) is 12.1.